The summed E-state index contributed by atoms with van der Waals surface area (Å²) >= 11 is 0. The van der Waals surface area contributed by atoms with Crippen LogP contribution < -0.4 is 9.46 Å². The van der Waals surface area contributed by atoms with E-state index in [1.807, 2.05) is 37.3 Å². The predicted molar refractivity (Wildman–Crippen MR) is 144 cm³/mol. The van der Waals surface area contributed by atoms with Crippen LogP contribution in [0.5, 0.6) is 5.75 Å². The van der Waals surface area contributed by atoms with E-state index in [-0.39, 0.29) is 10.8 Å². The van der Waals surface area contributed by atoms with E-state index in [9.17, 15) is 13.5 Å². The Morgan fingerprint density at radius 1 is 1.16 bits per heavy atom. The molecule has 4 rings (SSSR count). The Labute approximate surface area is 220 Å². The van der Waals surface area contributed by atoms with Gasteiger partial charge in [0.05, 0.1) is 17.6 Å². The van der Waals surface area contributed by atoms with E-state index < -0.39 is 15.6 Å². The number of ether oxygens (including phenoxy) is 2. The zero-order chi connectivity index (χ0) is 26.6. The molecule has 37 heavy (non-hydrogen) atoms. The van der Waals surface area contributed by atoms with Crippen molar-refractivity contribution in [3.63, 3.8) is 0 Å². The van der Waals surface area contributed by atoms with E-state index in [1.54, 1.807) is 26.2 Å². The molecule has 2 aliphatic rings. The van der Waals surface area contributed by atoms with Gasteiger partial charge in [-0.25, -0.2) is 13.1 Å². The Bertz CT molecular complexity index is 1280. The third-order valence-corrected chi connectivity index (χ3v) is 8.75. The van der Waals surface area contributed by atoms with E-state index in [0.717, 1.165) is 41.4 Å². The van der Waals surface area contributed by atoms with Crippen molar-refractivity contribution in [3.05, 3.63) is 82.8 Å². The van der Waals surface area contributed by atoms with Gasteiger partial charge in [-0.1, -0.05) is 49.8 Å². The first-order chi connectivity index (χ1) is 17.6. The maximum atomic E-state index is 12.8. The van der Waals surface area contributed by atoms with Gasteiger partial charge in [-0.05, 0) is 56.0 Å². The number of hydrogen-bond donors (Lipinski definition) is 2. The van der Waals surface area contributed by atoms with Gasteiger partial charge in [-0.15, -0.1) is 0 Å². The van der Waals surface area contributed by atoms with Crippen LogP contribution in [0.1, 0.15) is 49.8 Å². The van der Waals surface area contributed by atoms with Crippen LogP contribution >= 0.6 is 0 Å². The fourth-order valence-corrected chi connectivity index (χ4v) is 6.40. The minimum Gasteiger partial charge on any atom is -0.493 e. The number of benzene rings is 2. The second kappa shape index (κ2) is 11.4. The van der Waals surface area contributed by atoms with Crippen LogP contribution in [0.4, 0.5) is 0 Å². The molecule has 0 amide bonds. The van der Waals surface area contributed by atoms with E-state index in [2.05, 4.69) is 28.7 Å². The summed E-state index contributed by atoms with van der Waals surface area (Å²) in [6, 6.07) is 13.3. The Kier molecular flexibility index (Phi) is 8.43. The summed E-state index contributed by atoms with van der Waals surface area (Å²) in [5, 5.41) is 11.6. The van der Waals surface area contributed by atoms with Crippen molar-refractivity contribution in [3.8, 4) is 5.75 Å². The molecule has 2 N–H and O–H groups in total. The van der Waals surface area contributed by atoms with Crippen molar-refractivity contribution in [1.82, 2.24) is 9.62 Å². The molecule has 2 aromatic carbocycles. The highest BCUT2D eigenvalue weighted by atomic mass is 32.2. The lowest BCUT2D eigenvalue weighted by molar-refractivity contribution is -0.0299. The summed E-state index contributed by atoms with van der Waals surface area (Å²) in [5.41, 5.74) is 1.33. The first-order valence-electron chi connectivity index (χ1n) is 12.9. The van der Waals surface area contributed by atoms with Gasteiger partial charge in [0.2, 0.25) is 10.0 Å². The summed E-state index contributed by atoms with van der Waals surface area (Å²) in [6.07, 6.45) is 5.87. The van der Waals surface area contributed by atoms with Crippen LogP contribution in [-0.4, -0.2) is 45.2 Å². The van der Waals surface area contributed by atoms with Gasteiger partial charge in [0.15, 0.2) is 5.76 Å². The quantitative estimate of drug-likeness (QED) is 0.496. The number of piperidine rings is 1. The van der Waals surface area contributed by atoms with Crippen molar-refractivity contribution in [2.24, 2.45) is 5.92 Å². The number of sulfonamides is 1. The molecule has 200 valence electrons. The third kappa shape index (κ3) is 6.26. The number of aliphatic hydroxyl groups is 1. The monoisotopic (exact) mass is 526 g/mol. The summed E-state index contributed by atoms with van der Waals surface area (Å²) in [6.45, 7) is 8.10. The SMILES string of the molecule is CCNS(=O)(=O)c1ccc(C)cc1C1(O)CCN(Cc2cccc(OC3=C(OC)C=CCC3C)c2)CC1. The summed E-state index contributed by atoms with van der Waals surface area (Å²) in [7, 11) is -2.03. The van der Waals surface area contributed by atoms with Crippen molar-refractivity contribution in [1.29, 1.82) is 0 Å². The van der Waals surface area contributed by atoms with Gasteiger partial charge < -0.3 is 14.6 Å². The van der Waals surface area contributed by atoms with E-state index in [1.165, 1.54) is 0 Å². The second-order valence-corrected chi connectivity index (χ2v) is 11.8. The molecule has 1 heterocycles. The zero-order valence-corrected chi connectivity index (χ0v) is 23.0. The second-order valence-electron chi connectivity index (χ2n) is 10.0. The highest BCUT2D eigenvalue weighted by molar-refractivity contribution is 7.89. The van der Waals surface area contributed by atoms with Crippen LogP contribution in [0.15, 0.2) is 71.0 Å². The highest BCUT2D eigenvalue weighted by Gasteiger charge is 2.38. The largest absolute Gasteiger partial charge is 0.493 e. The molecule has 0 bridgehead atoms. The number of aryl methyl sites for hydroxylation is 1. The number of allylic oxidation sites excluding steroid dienone is 3. The Morgan fingerprint density at radius 2 is 1.92 bits per heavy atom. The first kappa shape index (κ1) is 27.4. The van der Waals surface area contributed by atoms with E-state index in [4.69, 9.17) is 9.47 Å². The van der Waals surface area contributed by atoms with Crippen LogP contribution in [0.3, 0.4) is 0 Å². The van der Waals surface area contributed by atoms with Gasteiger partial charge in [0.25, 0.3) is 0 Å². The average Bonchev–Trinajstić information content (AvgIpc) is 2.87. The molecule has 1 aliphatic heterocycles. The lowest BCUT2D eigenvalue weighted by atomic mass is 9.83. The molecule has 2 aromatic rings. The molecule has 0 radical (unpaired) electrons. The lowest BCUT2D eigenvalue weighted by Crippen LogP contribution is -2.43. The van der Waals surface area contributed by atoms with Crippen molar-refractivity contribution < 1.29 is 23.0 Å². The molecular formula is C29H38N2O5S. The van der Waals surface area contributed by atoms with Gasteiger partial charge in [0.1, 0.15) is 11.5 Å². The minimum atomic E-state index is -3.69. The van der Waals surface area contributed by atoms with Crippen LogP contribution in [0.25, 0.3) is 0 Å². The molecule has 1 fully saturated rings. The smallest absolute Gasteiger partial charge is 0.240 e. The summed E-state index contributed by atoms with van der Waals surface area (Å²) in [5.74, 6) is 2.61. The Hall–Kier alpha value is -2.65. The van der Waals surface area contributed by atoms with Gasteiger partial charge in [0, 0.05) is 37.7 Å². The summed E-state index contributed by atoms with van der Waals surface area (Å²) < 4.78 is 40.0. The van der Waals surface area contributed by atoms with Crippen LogP contribution in [-0.2, 0) is 26.9 Å². The van der Waals surface area contributed by atoms with Crippen molar-refractivity contribution in [2.45, 2.75) is 57.1 Å². The lowest BCUT2D eigenvalue weighted by Gasteiger charge is -2.39. The number of hydrogen-bond acceptors (Lipinski definition) is 6. The highest BCUT2D eigenvalue weighted by Crippen LogP contribution is 2.37. The number of nitrogens with zero attached hydrogens (tertiary/aromatic N) is 1. The van der Waals surface area contributed by atoms with Crippen molar-refractivity contribution in [2.75, 3.05) is 26.7 Å². The average molecular weight is 527 g/mol. The molecule has 8 heteroatoms. The van der Waals surface area contributed by atoms with Gasteiger partial charge in [-0.2, -0.15) is 0 Å². The molecule has 0 aromatic heterocycles. The molecule has 0 saturated carbocycles. The van der Waals surface area contributed by atoms with Gasteiger partial charge >= 0.3 is 0 Å². The number of methoxy groups -OCH3 is 1. The Balaban J connectivity index is 1.46. The van der Waals surface area contributed by atoms with Crippen molar-refractivity contribution >= 4 is 10.0 Å². The molecule has 1 atom stereocenters. The number of likely N-dealkylation sites (tertiary alicyclic amines) is 1. The molecule has 1 unspecified atom stereocenters. The topological polar surface area (TPSA) is 88.1 Å². The molecule has 0 spiro atoms. The van der Waals surface area contributed by atoms with E-state index >= 15 is 0 Å². The molecule has 1 aliphatic carbocycles. The van der Waals surface area contributed by atoms with E-state index in [0.29, 0.717) is 38.0 Å². The van der Waals surface area contributed by atoms with Crippen LogP contribution in [0, 0.1) is 12.8 Å². The zero-order valence-electron chi connectivity index (χ0n) is 22.2. The Morgan fingerprint density at radius 3 is 2.62 bits per heavy atom. The fraction of sp³-hybridized carbons (Fsp3) is 0.448. The normalized spacial score (nSPS) is 20.2. The molecular weight excluding hydrogens is 488 g/mol. The van der Waals surface area contributed by atoms with Crippen LogP contribution in [0.2, 0.25) is 0 Å². The maximum Gasteiger partial charge on any atom is 0.240 e. The minimum absolute atomic E-state index is 0.164. The maximum absolute atomic E-state index is 12.8. The molecule has 1 saturated heterocycles. The molecule has 7 nitrogen and oxygen atoms in total. The summed E-state index contributed by atoms with van der Waals surface area (Å²) in [4.78, 5) is 2.45. The third-order valence-electron chi connectivity index (χ3n) is 7.15. The first-order valence-corrected chi connectivity index (χ1v) is 14.4. The fourth-order valence-electron chi connectivity index (χ4n) is 5.08. The number of rotatable bonds is 9. The standard InChI is InChI=1S/C29H38N2O5S/c1-5-30-37(33,34)27-13-12-21(2)18-25(27)29(32)14-16-31(17-15-29)20-23-9-7-10-24(19-23)36-28-22(3)8-6-11-26(28)35-4/h6-7,9-13,18-19,22,30,32H,5,8,14-17,20H2,1-4H3. The number of nitrogens with one attached hydrogen (secondary N) is 1. The predicted octanol–water partition coefficient (Wildman–Crippen LogP) is 4.61. The van der Waals surface area contributed by atoms with Gasteiger partial charge in [-0.3, -0.25) is 4.90 Å².